The Morgan fingerprint density at radius 2 is 1.84 bits per heavy atom. The number of nitrogens with one attached hydrogen (secondary N) is 1. The van der Waals surface area contributed by atoms with Crippen molar-refractivity contribution in [2.45, 2.75) is 20.8 Å². The molecule has 0 aliphatic heterocycles. The number of carbonyl (C=O) groups is 1. The topological polar surface area (TPSA) is 47.6 Å². The monoisotopic (exact) mass is 263 g/mol. The van der Waals surface area contributed by atoms with Gasteiger partial charge in [0.25, 0.3) is 5.91 Å². The summed E-state index contributed by atoms with van der Waals surface area (Å²) in [4.78, 5) is 11.9. The van der Waals surface area contributed by atoms with E-state index in [-0.39, 0.29) is 5.91 Å². The van der Waals surface area contributed by atoms with Crippen LogP contribution in [-0.4, -0.2) is 25.7 Å². The predicted octanol–water partition coefficient (Wildman–Crippen LogP) is 2.79. The second-order valence-corrected chi connectivity index (χ2v) is 4.17. The van der Waals surface area contributed by atoms with Crippen LogP contribution in [0.1, 0.15) is 31.1 Å². The van der Waals surface area contributed by atoms with Crippen molar-refractivity contribution in [3.63, 3.8) is 0 Å². The molecule has 1 N–H and O–H groups in total. The van der Waals surface area contributed by atoms with Gasteiger partial charge in [-0.3, -0.25) is 4.79 Å². The summed E-state index contributed by atoms with van der Waals surface area (Å²) < 4.78 is 10.9. The Labute approximate surface area is 114 Å². The number of rotatable bonds is 7. The molecule has 0 saturated heterocycles. The number of hydrogen-bond donors (Lipinski definition) is 1. The van der Waals surface area contributed by atoms with Crippen molar-refractivity contribution >= 4 is 5.91 Å². The predicted molar refractivity (Wildman–Crippen MR) is 75.9 cm³/mol. The van der Waals surface area contributed by atoms with E-state index < -0.39 is 0 Å². The molecule has 1 aromatic carbocycles. The van der Waals surface area contributed by atoms with Crippen LogP contribution in [0.2, 0.25) is 0 Å². The van der Waals surface area contributed by atoms with E-state index in [1.165, 1.54) is 0 Å². The summed E-state index contributed by atoms with van der Waals surface area (Å²) in [5, 5.41) is 2.78. The number of carbonyl (C=O) groups excluding carboxylic acids is 1. The fourth-order valence-electron chi connectivity index (χ4n) is 1.53. The molecule has 4 nitrogen and oxygen atoms in total. The van der Waals surface area contributed by atoms with Crippen molar-refractivity contribution in [3.8, 4) is 11.5 Å². The van der Waals surface area contributed by atoms with Gasteiger partial charge in [0.2, 0.25) is 0 Å². The molecule has 0 radical (unpaired) electrons. The van der Waals surface area contributed by atoms with Crippen LogP contribution in [0.5, 0.6) is 11.5 Å². The van der Waals surface area contributed by atoms with Crippen molar-refractivity contribution in [2.24, 2.45) is 0 Å². The van der Waals surface area contributed by atoms with Crippen LogP contribution >= 0.6 is 0 Å². The van der Waals surface area contributed by atoms with Gasteiger partial charge in [-0.25, -0.2) is 0 Å². The zero-order valence-corrected chi connectivity index (χ0v) is 11.8. The lowest BCUT2D eigenvalue weighted by Gasteiger charge is -2.12. The third-order valence-electron chi connectivity index (χ3n) is 2.36. The lowest BCUT2D eigenvalue weighted by molar-refractivity contribution is 0.0956. The molecule has 0 saturated carbocycles. The molecule has 0 atom stereocenters. The van der Waals surface area contributed by atoms with Crippen molar-refractivity contribution < 1.29 is 14.3 Å². The highest BCUT2D eigenvalue weighted by molar-refractivity contribution is 5.95. The maximum Gasteiger partial charge on any atom is 0.251 e. The van der Waals surface area contributed by atoms with Crippen LogP contribution in [0, 0.1) is 0 Å². The average Bonchev–Trinajstić information content (AvgIpc) is 2.38. The van der Waals surface area contributed by atoms with Crippen LogP contribution in [-0.2, 0) is 0 Å². The van der Waals surface area contributed by atoms with E-state index in [4.69, 9.17) is 9.47 Å². The standard InChI is InChI=1S/C15H21NO3/c1-5-18-13-8-7-12(9-14(13)19-6-2)15(17)16-10-11(3)4/h7-9H,3,5-6,10H2,1-2,4H3,(H,16,17). The molecule has 4 heteroatoms. The molecular weight excluding hydrogens is 242 g/mol. The van der Waals surface area contributed by atoms with Gasteiger partial charge in [-0.15, -0.1) is 0 Å². The number of benzene rings is 1. The second kappa shape index (κ2) is 7.46. The Kier molecular flexibility index (Phi) is 5.93. The van der Waals surface area contributed by atoms with Gasteiger partial charge in [-0.1, -0.05) is 12.2 Å². The average molecular weight is 263 g/mol. The minimum absolute atomic E-state index is 0.146. The van der Waals surface area contributed by atoms with Crippen LogP contribution in [0.3, 0.4) is 0 Å². The maximum atomic E-state index is 11.9. The Bertz CT molecular complexity index is 455. The van der Waals surface area contributed by atoms with Gasteiger partial charge in [0.15, 0.2) is 11.5 Å². The Balaban J connectivity index is 2.87. The van der Waals surface area contributed by atoms with Gasteiger partial charge < -0.3 is 14.8 Å². The van der Waals surface area contributed by atoms with Gasteiger partial charge >= 0.3 is 0 Å². The first-order valence-corrected chi connectivity index (χ1v) is 6.40. The Morgan fingerprint density at radius 3 is 2.42 bits per heavy atom. The molecule has 0 heterocycles. The fraction of sp³-hybridized carbons (Fsp3) is 0.400. The highest BCUT2D eigenvalue weighted by Gasteiger charge is 2.11. The van der Waals surface area contributed by atoms with Crippen molar-refractivity contribution in [1.29, 1.82) is 0 Å². The molecule has 0 unspecified atom stereocenters. The third-order valence-corrected chi connectivity index (χ3v) is 2.36. The minimum atomic E-state index is -0.146. The van der Waals surface area contributed by atoms with E-state index in [1.54, 1.807) is 18.2 Å². The zero-order valence-electron chi connectivity index (χ0n) is 11.8. The van der Waals surface area contributed by atoms with Crippen molar-refractivity contribution in [1.82, 2.24) is 5.32 Å². The molecule has 0 spiro atoms. The van der Waals surface area contributed by atoms with Gasteiger partial charge in [-0.2, -0.15) is 0 Å². The minimum Gasteiger partial charge on any atom is -0.490 e. The molecule has 0 aliphatic rings. The summed E-state index contributed by atoms with van der Waals surface area (Å²) >= 11 is 0. The number of ether oxygens (including phenoxy) is 2. The molecule has 1 amide bonds. The summed E-state index contributed by atoms with van der Waals surface area (Å²) in [6.07, 6.45) is 0. The van der Waals surface area contributed by atoms with Crippen molar-refractivity contribution in [2.75, 3.05) is 19.8 Å². The molecule has 0 aliphatic carbocycles. The van der Waals surface area contributed by atoms with Crippen LogP contribution in [0.15, 0.2) is 30.4 Å². The summed E-state index contributed by atoms with van der Waals surface area (Å²) in [5.41, 5.74) is 1.46. The first-order chi connectivity index (χ1) is 9.08. The number of amides is 1. The van der Waals surface area contributed by atoms with E-state index in [1.807, 2.05) is 20.8 Å². The Morgan fingerprint density at radius 1 is 1.21 bits per heavy atom. The maximum absolute atomic E-state index is 11.9. The summed E-state index contributed by atoms with van der Waals surface area (Å²) in [7, 11) is 0. The molecule has 1 aromatic rings. The Hall–Kier alpha value is -1.97. The molecule has 0 aromatic heterocycles. The van der Waals surface area contributed by atoms with E-state index >= 15 is 0 Å². The first-order valence-electron chi connectivity index (χ1n) is 6.40. The largest absolute Gasteiger partial charge is 0.490 e. The molecule has 104 valence electrons. The first kappa shape index (κ1) is 15.1. The van der Waals surface area contributed by atoms with Gasteiger partial charge in [-0.05, 0) is 39.0 Å². The third kappa shape index (κ3) is 4.66. The van der Waals surface area contributed by atoms with Gasteiger partial charge in [0.1, 0.15) is 0 Å². The lowest BCUT2D eigenvalue weighted by Crippen LogP contribution is -2.24. The molecule has 19 heavy (non-hydrogen) atoms. The summed E-state index contributed by atoms with van der Waals surface area (Å²) in [6, 6.07) is 5.17. The van der Waals surface area contributed by atoms with E-state index in [2.05, 4.69) is 11.9 Å². The van der Waals surface area contributed by atoms with Crippen LogP contribution in [0.25, 0.3) is 0 Å². The normalized spacial score (nSPS) is 9.84. The molecule has 0 bridgehead atoms. The van der Waals surface area contributed by atoms with Crippen LogP contribution in [0.4, 0.5) is 0 Å². The molecule has 0 fully saturated rings. The summed E-state index contributed by atoms with van der Waals surface area (Å²) in [5.74, 6) is 1.10. The molecule has 1 rings (SSSR count). The van der Waals surface area contributed by atoms with E-state index in [9.17, 15) is 4.79 Å². The smallest absolute Gasteiger partial charge is 0.251 e. The van der Waals surface area contributed by atoms with E-state index in [0.29, 0.717) is 36.8 Å². The number of hydrogen-bond acceptors (Lipinski definition) is 3. The summed E-state index contributed by atoms with van der Waals surface area (Å²) in [6.45, 7) is 11.0. The molecular formula is C15H21NO3. The van der Waals surface area contributed by atoms with Crippen LogP contribution < -0.4 is 14.8 Å². The highest BCUT2D eigenvalue weighted by Crippen LogP contribution is 2.28. The zero-order chi connectivity index (χ0) is 14.3. The SMILES string of the molecule is C=C(C)CNC(=O)c1ccc(OCC)c(OCC)c1. The van der Waals surface area contributed by atoms with E-state index in [0.717, 1.165) is 5.57 Å². The fourth-order valence-corrected chi connectivity index (χ4v) is 1.53. The van der Waals surface area contributed by atoms with Gasteiger partial charge in [0, 0.05) is 12.1 Å². The van der Waals surface area contributed by atoms with Crippen molar-refractivity contribution in [3.05, 3.63) is 35.9 Å². The van der Waals surface area contributed by atoms with Gasteiger partial charge in [0.05, 0.1) is 13.2 Å². The quantitative estimate of drug-likeness (QED) is 0.769. The highest BCUT2D eigenvalue weighted by atomic mass is 16.5. The second-order valence-electron chi connectivity index (χ2n) is 4.17. The lowest BCUT2D eigenvalue weighted by atomic mass is 10.2.